The lowest BCUT2D eigenvalue weighted by Crippen LogP contribution is -2.35. The van der Waals surface area contributed by atoms with Crippen molar-refractivity contribution in [3.05, 3.63) is 70.8 Å². The molecule has 140 valence electrons. The summed E-state index contributed by atoms with van der Waals surface area (Å²) in [7, 11) is 0. The van der Waals surface area contributed by atoms with Crippen LogP contribution >= 0.6 is 0 Å². The summed E-state index contributed by atoms with van der Waals surface area (Å²) in [6.45, 7) is 14.9. The fraction of sp³-hybridized carbons (Fsp3) is 0.417. The second kappa shape index (κ2) is 8.66. The fourth-order valence-corrected chi connectivity index (χ4v) is 2.42. The Balaban J connectivity index is 1.90. The lowest BCUT2D eigenvalue weighted by Gasteiger charge is -2.20. The summed E-state index contributed by atoms with van der Waals surface area (Å²) in [6.07, 6.45) is 4.34. The zero-order chi connectivity index (χ0) is 19.2. The average molecular weight is 351 g/mol. The first-order chi connectivity index (χ1) is 12.1. The minimum absolute atomic E-state index is 0.146. The van der Waals surface area contributed by atoms with Crippen LogP contribution in [0.2, 0.25) is 0 Å². The molecule has 26 heavy (non-hydrogen) atoms. The van der Waals surface area contributed by atoms with E-state index in [2.05, 4.69) is 113 Å². The van der Waals surface area contributed by atoms with Crippen molar-refractivity contribution in [3.8, 4) is 0 Å². The third-order valence-corrected chi connectivity index (χ3v) is 4.07. The Morgan fingerprint density at radius 3 is 1.15 bits per heavy atom. The molecule has 0 saturated heterocycles. The Hall–Kier alpha value is -1.90. The van der Waals surface area contributed by atoms with E-state index < -0.39 is 0 Å². The van der Waals surface area contributed by atoms with E-state index in [0.29, 0.717) is 0 Å². The summed E-state index contributed by atoms with van der Waals surface area (Å²) in [4.78, 5) is 0. The Morgan fingerprint density at radius 2 is 0.885 bits per heavy atom. The van der Waals surface area contributed by atoms with E-state index >= 15 is 0 Å². The van der Waals surface area contributed by atoms with Gasteiger partial charge in [-0.2, -0.15) is 0 Å². The number of nitrogens with one attached hydrogen (secondary N) is 2. The van der Waals surface area contributed by atoms with Gasteiger partial charge in [0.25, 0.3) is 0 Å². The lowest BCUT2D eigenvalue weighted by molar-refractivity contribution is 0.424. The predicted molar refractivity (Wildman–Crippen MR) is 115 cm³/mol. The highest BCUT2D eigenvalue weighted by Crippen LogP contribution is 2.12. The molecule has 2 aromatic carbocycles. The molecule has 0 bridgehead atoms. The Labute approximate surface area is 159 Å². The Morgan fingerprint density at radius 1 is 0.577 bits per heavy atom. The summed E-state index contributed by atoms with van der Waals surface area (Å²) < 4.78 is 0. The molecular formula is C24H34N2. The third-order valence-electron chi connectivity index (χ3n) is 4.07. The average Bonchev–Trinajstić information content (AvgIpc) is 2.57. The molecule has 0 amide bonds. The molecule has 0 unspecified atom stereocenters. The van der Waals surface area contributed by atoms with Crippen LogP contribution in [0.3, 0.4) is 0 Å². The topological polar surface area (TPSA) is 24.1 Å². The molecule has 0 saturated carbocycles. The molecule has 0 aliphatic carbocycles. The van der Waals surface area contributed by atoms with Crippen LogP contribution in [0.15, 0.2) is 48.5 Å². The quantitative estimate of drug-likeness (QED) is 0.659. The predicted octanol–water partition coefficient (Wildman–Crippen LogP) is 5.63. The van der Waals surface area contributed by atoms with E-state index in [9.17, 15) is 0 Å². The van der Waals surface area contributed by atoms with Crippen molar-refractivity contribution >= 4 is 12.2 Å². The van der Waals surface area contributed by atoms with E-state index in [1.54, 1.807) is 0 Å². The van der Waals surface area contributed by atoms with Gasteiger partial charge in [-0.3, -0.25) is 0 Å². The molecule has 0 aromatic heterocycles. The zero-order valence-electron chi connectivity index (χ0n) is 17.2. The number of rotatable bonds is 6. The van der Waals surface area contributed by atoms with Gasteiger partial charge in [0.05, 0.1) is 0 Å². The molecule has 2 N–H and O–H groups in total. The number of hydrogen-bond donors (Lipinski definition) is 2. The van der Waals surface area contributed by atoms with E-state index in [0.717, 1.165) is 13.1 Å². The van der Waals surface area contributed by atoms with Crippen molar-refractivity contribution < 1.29 is 0 Å². The monoisotopic (exact) mass is 350 g/mol. The lowest BCUT2D eigenvalue weighted by atomic mass is 10.1. The molecular weight excluding hydrogens is 316 g/mol. The molecule has 0 spiro atoms. The molecule has 0 atom stereocenters. The van der Waals surface area contributed by atoms with Gasteiger partial charge in [0, 0.05) is 24.2 Å². The van der Waals surface area contributed by atoms with Gasteiger partial charge in [0.15, 0.2) is 0 Å². The molecule has 2 rings (SSSR count). The minimum atomic E-state index is 0.146. The van der Waals surface area contributed by atoms with Crippen LogP contribution in [-0.4, -0.2) is 11.1 Å². The van der Waals surface area contributed by atoms with Gasteiger partial charge < -0.3 is 10.6 Å². The number of benzene rings is 2. The van der Waals surface area contributed by atoms with Crippen LogP contribution in [-0.2, 0) is 13.1 Å². The highest BCUT2D eigenvalue weighted by Gasteiger charge is 2.08. The van der Waals surface area contributed by atoms with E-state index in [1.165, 1.54) is 22.3 Å². The standard InChI is InChI=1S/C24H34N2/c1-23(2,3)25-17-21-13-9-19(10-14-21)7-8-20-11-15-22(16-12-20)18-26-24(4,5)6/h7-16,25-26H,17-18H2,1-6H3. The Kier molecular flexibility index (Phi) is 6.80. The second-order valence-electron chi connectivity index (χ2n) is 9.02. The summed E-state index contributed by atoms with van der Waals surface area (Å²) in [5.74, 6) is 0. The normalized spacial score (nSPS) is 12.7. The van der Waals surface area contributed by atoms with Crippen LogP contribution in [0.25, 0.3) is 12.2 Å². The van der Waals surface area contributed by atoms with Gasteiger partial charge in [0.1, 0.15) is 0 Å². The van der Waals surface area contributed by atoms with Crippen molar-refractivity contribution in [3.63, 3.8) is 0 Å². The van der Waals surface area contributed by atoms with Crippen molar-refractivity contribution in [1.29, 1.82) is 0 Å². The summed E-state index contributed by atoms with van der Waals surface area (Å²) in [5, 5.41) is 7.03. The van der Waals surface area contributed by atoms with Crippen molar-refractivity contribution in [2.75, 3.05) is 0 Å². The van der Waals surface area contributed by atoms with Gasteiger partial charge >= 0.3 is 0 Å². The molecule has 0 heterocycles. The van der Waals surface area contributed by atoms with Gasteiger partial charge in [-0.15, -0.1) is 0 Å². The van der Waals surface area contributed by atoms with E-state index in [4.69, 9.17) is 0 Å². The van der Waals surface area contributed by atoms with Gasteiger partial charge in [-0.1, -0.05) is 60.7 Å². The van der Waals surface area contributed by atoms with Gasteiger partial charge in [-0.05, 0) is 63.8 Å². The molecule has 2 nitrogen and oxygen atoms in total. The molecule has 2 heteroatoms. The molecule has 2 aromatic rings. The first kappa shape index (κ1) is 20.4. The highest BCUT2D eigenvalue weighted by molar-refractivity contribution is 5.69. The minimum Gasteiger partial charge on any atom is -0.308 e. The largest absolute Gasteiger partial charge is 0.308 e. The summed E-state index contributed by atoms with van der Waals surface area (Å²) >= 11 is 0. The highest BCUT2D eigenvalue weighted by atomic mass is 14.9. The van der Waals surface area contributed by atoms with Crippen LogP contribution < -0.4 is 10.6 Å². The maximum Gasteiger partial charge on any atom is 0.0210 e. The SMILES string of the molecule is CC(C)(C)NCc1ccc(C=Cc2ccc(CNC(C)(C)C)cc2)cc1. The van der Waals surface area contributed by atoms with Crippen molar-refractivity contribution in [2.24, 2.45) is 0 Å². The smallest absolute Gasteiger partial charge is 0.0210 e. The van der Waals surface area contributed by atoms with Gasteiger partial charge in [-0.25, -0.2) is 0 Å². The van der Waals surface area contributed by atoms with Gasteiger partial charge in [0.2, 0.25) is 0 Å². The molecule has 0 fully saturated rings. The summed E-state index contributed by atoms with van der Waals surface area (Å²) in [6, 6.07) is 17.5. The first-order valence-corrected chi connectivity index (χ1v) is 9.47. The number of hydrogen-bond acceptors (Lipinski definition) is 2. The summed E-state index contributed by atoms with van der Waals surface area (Å²) in [5.41, 5.74) is 5.37. The van der Waals surface area contributed by atoms with Crippen LogP contribution in [0, 0.1) is 0 Å². The Bertz CT molecular complexity index is 632. The maximum atomic E-state index is 3.52. The van der Waals surface area contributed by atoms with Crippen LogP contribution in [0.5, 0.6) is 0 Å². The third kappa shape index (κ3) is 7.99. The van der Waals surface area contributed by atoms with Crippen LogP contribution in [0.1, 0.15) is 63.8 Å². The van der Waals surface area contributed by atoms with Crippen molar-refractivity contribution in [2.45, 2.75) is 65.7 Å². The second-order valence-corrected chi connectivity index (χ2v) is 9.02. The first-order valence-electron chi connectivity index (χ1n) is 9.47. The van der Waals surface area contributed by atoms with E-state index in [1.807, 2.05) is 0 Å². The molecule has 0 aliphatic heterocycles. The zero-order valence-corrected chi connectivity index (χ0v) is 17.2. The maximum absolute atomic E-state index is 3.52. The van der Waals surface area contributed by atoms with E-state index in [-0.39, 0.29) is 11.1 Å². The molecule has 0 aliphatic rings. The fourth-order valence-electron chi connectivity index (χ4n) is 2.42. The van der Waals surface area contributed by atoms with Crippen molar-refractivity contribution in [1.82, 2.24) is 10.6 Å². The molecule has 0 radical (unpaired) electrons. The van der Waals surface area contributed by atoms with Crippen LogP contribution in [0.4, 0.5) is 0 Å².